The Labute approximate surface area is 116 Å². The summed E-state index contributed by atoms with van der Waals surface area (Å²) in [6.45, 7) is 2.12. The lowest BCUT2D eigenvalue weighted by molar-refractivity contribution is 0.474. The Morgan fingerprint density at radius 3 is 2.70 bits per heavy atom. The Balaban J connectivity index is 1.75. The average molecular weight is 269 g/mol. The lowest BCUT2D eigenvalue weighted by Gasteiger charge is -2.16. The summed E-state index contributed by atoms with van der Waals surface area (Å²) in [5.41, 5.74) is 1.96. The molecule has 6 nitrogen and oxygen atoms in total. The largest absolute Gasteiger partial charge is 0.467 e. The molecule has 0 aliphatic heterocycles. The monoisotopic (exact) mass is 269 g/mol. The lowest BCUT2D eigenvalue weighted by Crippen LogP contribution is -2.08. The molecule has 1 N–H and O–H groups in total. The van der Waals surface area contributed by atoms with Gasteiger partial charge in [0.25, 0.3) is 0 Å². The molecule has 3 rings (SSSR count). The zero-order valence-corrected chi connectivity index (χ0v) is 11.1. The first-order valence-corrected chi connectivity index (χ1v) is 6.50. The summed E-state index contributed by atoms with van der Waals surface area (Å²) in [5.74, 6) is 0.942. The van der Waals surface area contributed by atoms with Crippen LogP contribution in [0.2, 0.25) is 0 Å². The second kappa shape index (κ2) is 5.56. The van der Waals surface area contributed by atoms with Crippen LogP contribution in [0.4, 0.5) is 5.69 Å². The molecule has 20 heavy (non-hydrogen) atoms. The van der Waals surface area contributed by atoms with Crippen LogP contribution < -0.4 is 5.32 Å². The van der Waals surface area contributed by atoms with Gasteiger partial charge in [0.15, 0.2) is 0 Å². The molecule has 0 spiro atoms. The van der Waals surface area contributed by atoms with E-state index in [2.05, 4.69) is 27.8 Å². The second-order valence-electron chi connectivity index (χ2n) is 4.42. The van der Waals surface area contributed by atoms with E-state index in [1.165, 1.54) is 0 Å². The first-order chi connectivity index (χ1) is 9.86. The number of hydrogen-bond donors (Lipinski definition) is 1. The zero-order chi connectivity index (χ0) is 13.8. The standard InChI is InChI=1S/C14H15N5O/c1-2-13(14-4-3-9-20-14)16-11-5-7-12(8-6-11)19-10-15-17-18-19/h3-10,13,16H,2H2,1H3. The van der Waals surface area contributed by atoms with Gasteiger partial charge in [-0.15, -0.1) is 5.10 Å². The number of rotatable bonds is 5. The molecule has 0 aliphatic carbocycles. The Morgan fingerprint density at radius 2 is 2.10 bits per heavy atom. The van der Waals surface area contributed by atoms with Crippen LogP contribution in [0, 0.1) is 0 Å². The van der Waals surface area contributed by atoms with E-state index in [-0.39, 0.29) is 6.04 Å². The molecular formula is C14H15N5O. The van der Waals surface area contributed by atoms with Gasteiger partial charge in [0.2, 0.25) is 0 Å². The minimum atomic E-state index is 0.170. The Morgan fingerprint density at radius 1 is 1.25 bits per heavy atom. The molecule has 3 aromatic rings. The van der Waals surface area contributed by atoms with Gasteiger partial charge in [0.05, 0.1) is 18.0 Å². The van der Waals surface area contributed by atoms with Gasteiger partial charge in [-0.3, -0.25) is 0 Å². The quantitative estimate of drug-likeness (QED) is 0.771. The van der Waals surface area contributed by atoms with Crippen molar-refractivity contribution in [2.75, 3.05) is 5.32 Å². The third-order valence-electron chi connectivity index (χ3n) is 3.12. The van der Waals surface area contributed by atoms with E-state index in [1.54, 1.807) is 17.3 Å². The number of hydrogen-bond acceptors (Lipinski definition) is 5. The first-order valence-electron chi connectivity index (χ1n) is 6.50. The predicted molar refractivity (Wildman–Crippen MR) is 74.5 cm³/mol. The summed E-state index contributed by atoms with van der Waals surface area (Å²) >= 11 is 0. The highest BCUT2D eigenvalue weighted by Crippen LogP contribution is 2.23. The summed E-state index contributed by atoms with van der Waals surface area (Å²) in [6.07, 6.45) is 4.21. The predicted octanol–water partition coefficient (Wildman–Crippen LogP) is 2.82. The minimum Gasteiger partial charge on any atom is -0.467 e. The Hall–Kier alpha value is -2.63. The Bertz CT molecular complexity index is 631. The average Bonchev–Trinajstić information content (AvgIpc) is 3.18. The molecule has 1 aromatic carbocycles. The maximum absolute atomic E-state index is 5.45. The number of nitrogens with one attached hydrogen (secondary N) is 1. The van der Waals surface area contributed by atoms with Crippen molar-refractivity contribution in [3.05, 3.63) is 54.7 Å². The van der Waals surface area contributed by atoms with E-state index in [9.17, 15) is 0 Å². The Kier molecular flexibility index (Phi) is 3.45. The van der Waals surface area contributed by atoms with Crippen molar-refractivity contribution in [1.82, 2.24) is 20.2 Å². The molecule has 0 radical (unpaired) electrons. The maximum atomic E-state index is 5.45. The van der Waals surface area contributed by atoms with Crippen molar-refractivity contribution in [3.63, 3.8) is 0 Å². The van der Waals surface area contributed by atoms with Crippen molar-refractivity contribution >= 4 is 5.69 Å². The number of nitrogens with zero attached hydrogens (tertiary/aromatic N) is 4. The van der Waals surface area contributed by atoms with Gasteiger partial charge >= 0.3 is 0 Å². The van der Waals surface area contributed by atoms with Crippen LogP contribution in [0.15, 0.2) is 53.4 Å². The number of benzene rings is 1. The fraction of sp³-hybridized carbons (Fsp3) is 0.214. The molecular weight excluding hydrogens is 254 g/mol. The molecule has 1 unspecified atom stereocenters. The van der Waals surface area contributed by atoms with Gasteiger partial charge in [-0.1, -0.05) is 6.92 Å². The topological polar surface area (TPSA) is 68.8 Å². The van der Waals surface area contributed by atoms with Gasteiger partial charge in [-0.25, -0.2) is 4.68 Å². The minimum absolute atomic E-state index is 0.170. The van der Waals surface area contributed by atoms with E-state index in [0.29, 0.717) is 0 Å². The molecule has 1 atom stereocenters. The highest BCUT2D eigenvalue weighted by atomic mass is 16.3. The van der Waals surface area contributed by atoms with E-state index >= 15 is 0 Å². The number of tetrazole rings is 1. The fourth-order valence-electron chi connectivity index (χ4n) is 2.06. The molecule has 0 fully saturated rings. The van der Waals surface area contributed by atoms with Gasteiger partial charge in [-0.2, -0.15) is 0 Å². The van der Waals surface area contributed by atoms with Crippen molar-refractivity contribution in [3.8, 4) is 5.69 Å². The maximum Gasteiger partial charge on any atom is 0.143 e. The highest BCUT2D eigenvalue weighted by molar-refractivity contribution is 5.49. The van der Waals surface area contributed by atoms with Gasteiger partial charge < -0.3 is 9.73 Å². The van der Waals surface area contributed by atoms with E-state index in [1.807, 2.05) is 36.4 Å². The molecule has 2 aromatic heterocycles. The van der Waals surface area contributed by atoms with E-state index < -0.39 is 0 Å². The van der Waals surface area contributed by atoms with Gasteiger partial charge in [-0.05, 0) is 53.2 Å². The molecule has 0 saturated heterocycles. The summed E-state index contributed by atoms with van der Waals surface area (Å²) in [5, 5.41) is 14.5. The van der Waals surface area contributed by atoms with Crippen LogP contribution in [0.5, 0.6) is 0 Å². The van der Waals surface area contributed by atoms with Crippen molar-refractivity contribution < 1.29 is 4.42 Å². The number of aromatic nitrogens is 4. The third kappa shape index (κ3) is 2.54. The lowest BCUT2D eigenvalue weighted by atomic mass is 10.1. The number of anilines is 1. The van der Waals surface area contributed by atoms with Crippen molar-refractivity contribution in [2.24, 2.45) is 0 Å². The highest BCUT2D eigenvalue weighted by Gasteiger charge is 2.11. The summed E-state index contributed by atoms with van der Waals surface area (Å²) < 4.78 is 7.07. The third-order valence-corrected chi connectivity index (χ3v) is 3.12. The van der Waals surface area contributed by atoms with Crippen LogP contribution in [0.1, 0.15) is 25.1 Å². The smallest absolute Gasteiger partial charge is 0.143 e. The molecule has 0 aliphatic rings. The van der Waals surface area contributed by atoms with Gasteiger partial charge in [0.1, 0.15) is 12.1 Å². The van der Waals surface area contributed by atoms with Crippen molar-refractivity contribution in [2.45, 2.75) is 19.4 Å². The second-order valence-corrected chi connectivity index (χ2v) is 4.42. The summed E-state index contributed by atoms with van der Waals surface area (Å²) in [6, 6.07) is 12.0. The van der Waals surface area contributed by atoms with Crippen molar-refractivity contribution in [1.29, 1.82) is 0 Å². The SMILES string of the molecule is CCC(Nc1ccc(-n2cnnn2)cc1)c1ccco1. The normalized spacial score (nSPS) is 12.2. The van der Waals surface area contributed by atoms with Crippen LogP contribution in [-0.2, 0) is 0 Å². The molecule has 0 saturated carbocycles. The number of furan rings is 1. The molecule has 6 heteroatoms. The molecule has 2 heterocycles. The zero-order valence-electron chi connectivity index (χ0n) is 11.1. The molecule has 0 bridgehead atoms. The van der Waals surface area contributed by atoms with E-state index in [4.69, 9.17) is 4.42 Å². The van der Waals surface area contributed by atoms with Crippen LogP contribution >= 0.6 is 0 Å². The fourth-order valence-corrected chi connectivity index (χ4v) is 2.06. The molecule has 0 amide bonds. The molecule has 102 valence electrons. The summed E-state index contributed by atoms with van der Waals surface area (Å²) in [7, 11) is 0. The van der Waals surface area contributed by atoms with Crippen LogP contribution in [0.3, 0.4) is 0 Å². The van der Waals surface area contributed by atoms with Crippen LogP contribution in [-0.4, -0.2) is 20.2 Å². The first kappa shape index (κ1) is 12.4. The summed E-state index contributed by atoms with van der Waals surface area (Å²) in [4.78, 5) is 0. The van der Waals surface area contributed by atoms with Crippen LogP contribution in [0.25, 0.3) is 5.69 Å². The van der Waals surface area contributed by atoms with E-state index in [0.717, 1.165) is 23.6 Å². The van der Waals surface area contributed by atoms with Gasteiger partial charge in [0, 0.05) is 5.69 Å².